The number of rotatable bonds is 3. The van der Waals surface area contributed by atoms with Crippen LogP contribution in [0.2, 0.25) is 5.02 Å². The van der Waals surface area contributed by atoms with E-state index in [2.05, 4.69) is 16.1 Å². The average Bonchev–Trinajstić information content (AvgIpc) is 2.80. The number of terminal acetylenes is 1. The minimum Gasteiger partial charge on any atom is -0.493 e. The van der Waals surface area contributed by atoms with Crippen molar-refractivity contribution in [2.75, 3.05) is 0 Å². The molecule has 4 nitrogen and oxygen atoms in total. The van der Waals surface area contributed by atoms with Crippen LogP contribution in [0.1, 0.15) is 0 Å². The van der Waals surface area contributed by atoms with E-state index in [-0.39, 0.29) is 12.4 Å². The molecule has 0 aliphatic rings. The number of para-hydroxylation sites is 1. The lowest BCUT2D eigenvalue weighted by Gasteiger charge is -2.00. The topological polar surface area (TPSA) is 49.9 Å². The summed E-state index contributed by atoms with van der Waals surface area (Å²) in [5, 5.41) is 20.1. The summed E-state index contributed by atoms with van der Waals surface area (Å²) in [4.78, 5) is 0. The van der Waals surface area contributed by atoms with Crippen molar-refractivity contribution in [1.82, 2.24) is 4.57 Å². The van der Waals surface area contributed by atoms with Crippen LogP contribution in [-0.2, 0) is 6.54 Å². The van der Waals surface area contributed by atoms with Crippen LogP contribution >= 0.6 is 11.6 Å². The van der Waals surface area contributed by atoms with Crippen molar-refractivity contribution in [3.8, 4) is 18.2 Å². The molecular formula is C17H12ClN3O. The van der Waals surface area contributed by atoms with Gasteiger partial charge in [0.05, 0.1) is 17.7 Å². The van der Waals surface area contributed by atoms with Crippen molar-refractivity contribution in [2.45, 2.75) is 6.54 Å². The highest BCUT2D eigenvalue weighted by Gasteiger charge is 2.15. The zero-order chi connectivity index (χ0) is 15.5. The highest BCUT2D eigenvalue weighted by Crippen LogP contribution is 2.39. The Bertz CT molecular complexity index is 889. The molecule has 3 aromatic rings. The molecule has 0 unspecified atom stereocenters. The minimum absolute atomic E-state index is 0.0110. The van der Waals surface area contributed by atoms with Gasteiger partial charge in [-0.3, -0.25) is 4.57 Å². The Morgan fingerprint density at radius 2 is 1.82 bits per heavy atom. The first kappa shape index (κ1) is 14.2. The molecule has 1 aromatic heterocycles. The Morgan fingerprint density at radius 3 is 2.55 bits per heavy atom. The molecule has 0 atom stereocenters. The van der Waals surface area contributed by atoms with Crippen molar-refractivity contribution in [3.63, 3.8) is 0 Å². The molecule has 1 N–H and O–H groups in total. The molecule has 0 bridgehead atoms. The average molecular weight is 310 g/mol. The fourth-order valence-electron chi connectivity index (χ4n) is 2.24. The molecule has 22 heavy (non-hydrogen) atoms. The summed E-state index contributed by atoms with van der Waals surface area (Å²) in [6, 6.07) is 14.5. The predicted molar refractivity (Wildman–Crippen MR) is 88.1 cm³/mol. The van der Waals surface area contributed by atoms with E-state index >= 15 is 0 Å². The molecule has 0 aliphatic heterocycles. The third-order valence-corrected chi connectivity index (χ3v) is 3.51. The first-order valence-electron chi connectivity index (χ1n) is 6.61. The zero-order valence-corrected chi connectivity index (χ0v) is 12.3. The van der Waals surface area contributed by atoms with Crippen LogP contribution in [0.15, 0.2) is 58.8 Å². The highest BCUT2D eigenvalue weighted by atomic mass is 35.5. The van der Waals surface area contributed by atoms with E-state index in [1.807, 2.05) is 24.3 Å². The van der Waals surface area contributed by atoms with Crippen molar-refractivity contribution >= 4 is 33.9 Å². The predicted octanol–water partition coefficient (Wildman–Crippen LogP) is 5.05. The summed E-state index contributed by atoms with van der Waals surface area (Å²) in [6.07, 6.45) is 5.36. The van der Waals surface area contributed by atoms with Gasteiger partial charge in [-0.2, -0.15) is 5.11 Å². The second-order valence-electron chi connectivity index (χ2n) is 4.66. The maximum Gasteiger partial charge on any atom is 0.221 e. The van der Waals surface area contributed by atoms with E-state index in [1.54, 1.807) is 28.8 Å². The maximum absolute atomic E-state index is 10.4. The number of aromatic nitrogens is 1. The highest BCUT2D eigenvalue weighted by molar-refractivity contribution is 6.30. The van der Waals surface area contributed by atoms with Gasteiger partial charge in [-0.1, -0.05) is 35.7 Å². The van der Waals surface area contributed by atoms with Crippen LogP contribution in [0.4, 0.5) is 11.4 Å². The summed E-state index contributed by atoms with van der Waals surface area (Å²) in [5.41, 5.74) is 1.88. The van der Waals surface area contributed by atoms with Gasteiger partial charge in [0.2, 0.25) is 5.88 Å². The molecule has 0 fully saturated rings. The number of halogens is 1. The third-order valence-electron chi connectivity index (χ3n) is 3.26. The van der Waals surface area contributed by atoms with E-state index in [0.717, 1.165) is 10.9 Å². The fourth-order valence-corrected chi connectivity index (χ4v) is 2.36. The Kier molecular flexibility index (Phi) is 3.82. The van der Waals surface area contributed by atoms with Gasteiger partial charge in [0.15, 0.2) is 5.69 Å². The van der Waals surface area contributed by atoms with Gasteiger partial charge in [-0.05, 0) is 30.3 Å². The van der Waals surface area contributed by atoms with Gasteiger partial charge < -0.3 is 5.11 Å². The number of fused-ring (bicyclic) bond motifs is 1. The number of aromatic hydroxyl groups is 1. The Morgan fingerprint density at radius 1 is 1.09 bits per heavy atom. The molecule has 0 radical (unpaired) electrons. The van der Waals surface area contributed by atoms with E-state index < -0.39 is 0 Å². The van der Waals surface area contributed by atoms with E-state index in [1.165, 1.54) is 0 Å². The van der Waals surface area contributed by atoms with Crippen molar-refractivity contribution in [1.29, 1.82) is 0 Å². The summed E-state index contributed by atoms with van der Waals surface area (Å²) < 4.78 is 1.63. The lowest BCUT2D eigenvalue weighted by molar-refractivity contribution is 0.432. The maximum atomic E-state index is 10.4. The molecule has 108 valence electrons. The van der Waals surface area contributed by atoms with Crippen molar-refractivity contribution in [2.24, 2.45) is 10.2 Å². The second kappa shape index (κ2) is 5.92. The fraction of sp³-hybridized carbons (Fsp3) is 0.0588. The molecule has 2 aromatic carbocycles. The Labute approximate surface area is 132 Å². The van der Waals surface area contributed by atoms with Gasteiger partial charge in [-0.15, -0.1) is 11.5 Å². The molecule has 0 amide bonds. The van der Waals surface area contributed by atoms with Crippen LogP contribution < -0.4 is 0 Å². The van der Waals surface area contributed by atoms with Crippen LogP contribution in [0.5, 0.6) is 5.88 Å². The van der Waals surface area contributed by atoms with Gasteiger partial charge in [0.25, 0.3) is 0 Å². The second-order valence-corrected chi connectivity index (χ2v) is 5.09. The number of nitrogens with zero attached hydrogens (tertiary/aromatic N) is 3. The normalized spacial score (nSPS) is 11.1. The number of hydrogen-bond acceptors (Lipinski definition) is 3. The van der Waals surface area contributed by atoms with Crippen LogP contribution in [0.25, 0.3) is 10.9 Å². The van der Waals surface area contributed by atoms with Crippen molar-refractivity contribution in [3.05, 3.63) is 53.6 Å². The number of azo groups is 1. The number of hydrogen-bond donors (Lipinski definition) is 1. The van der Waals surface area contributed by atoms with Gasteiger partial charge in [0, 0.05) is 10.4 Å². The summed E-state index contributed by atoms with van der Waals surface area (Å²) >= 11 is 5.84. The standard InChI is InChI=1S/C17H12ClN3O/c1-2-11-21-15-6-4-3-5-14(15)16(17(21)22)20-19-13-9-7-12(18)8-10-13/h1,3-10,22H,11H2. The molecular weight excluding hydrogens is 298 g/mol. The Hall–Kier alpha value is -2.77. The number of benzene rings is 2. The van der Waals surface area contributed by atoms with E-state index in [9.17, 15) is 5.11 Å². The molecule has 0 aliphatic carbocycles. The lowest BCUT2D eigenvalue weighted by Crippen LogP contribution is -1.93. The van der Waals surface area contributed by atoms with E-state index in [0.29, 0.717) is 16.4 Å². The van der Waals surface area contributed by atoms with Crippen LogP contribution in [-0.4, -0.2) is 9.67 Å². The first-order valence-corrected chi connectivity index (χ1v) is 6.99. The molecule has 0 saturated carbocycles. The quantitative estimate of drug-likeness (QED) is 0.534. The third kappa shape index (κ3) is 2.54. The van der Waals surface area contributed by atoms with Gasteiger partial charge in [0.1, 0.15) is 0 Å². The molecule has 1 heterocycles. The summed E-state index contributed by atoms with van der Waals surface area (Å²) in [6.45, 7) is 0.267. The molecule has 3 rings (SSSR count). The molecule has 0 saturated heterocycles. The largest absolute Gasteiger partial charge is 0.493 e. The summed E-state index contributed by atoms with van der Waals surface area (Å²) in [7, 11) is 0. The van der Waals surface area contributed by atoms with Crippen LogP contribution in [0.3, 0.4) is 0 Å². The van der Waals surface area contributed by atoms with Gasteiger partial charge in [-0.25, -0.2) is 0 Å². The SMILES string of the molecule is C#CCn1c(O)c(N=Nc2ccc(Cl)cc2)c2ccccc21. The summed E-state index contributed by atoms with van der Waals surface area (Å²) in [5.74, 6) is 2.54. The first-order chi connectivity index (χ1) is 10.7. The zero-order valence-electron chi connectivity index (χ0n) is 11.6. The Balaban J connectivity index is 2.09. The molecule has 5 heteroatoms. The van der Waals surface area contributed by atoms with Gasteiger partial charge >= 0.3 is 0 Å². The van der Waals surface area contributed by atoms with Crippen LogP contribution in [0, 0.1) is 12.3 Å². The molecule has 0 spiro atoms. The smallest absolute Gasteiger partial charge is 0.221 e. The van der Waals surface area contributed by atoms with Crippen molar-refractivity contribution < 1.29 is 5.11 Å². The van der Waals surface area contributed by atoms with E-state index in [4.69, 9.17) is 18.0 Å². The lowest BCUT2D eigenvalue weighted by atomic mass is 10.2. The minimum atomic E-state index is 0.0110. The monoisotopic (exact) mass is 309 g/mol.